The van der Waals surface area contributed by atoms with Gasteiger partial charge in [-0.05, 0) is 46.6 Å². The summed E-state index contributed by atoms with van der Waals surface area (Å²) in [5.74, 6) is -0.748. The minimum atomic E-state index is -0.799. The van der Waals surface area contributed by atoms with Crippen molar-refractivity contribution in [1.29, 1.82) is 0 Å². The van der Waals surface area contributed by atoms with Gasteiger partial charge in [-0.1, -0.05) is 104 Å². The molecular formula is C35H64N4O5S. The Morgan fingerprint density at radius 3 is 2.20 bits per heavy atom. The summed E-state index contributed by atoms with van der Waals surface area (Å²) in [6, 6.07) is -0.715. The molecule has 0 aliphatic carbocycles. The summed E-state index contributed by atoms with van der Waals surface area (Å²) in [4.78, 5) is 58.3. The number of nitrogens with zero attached hydrogens (tertiary/aromatic N) is 2. The van der Waals surface area contributed by atoms with Crippen LogP contribution in [0.15, 0.2) is 33.9 Å². The van der Waals surface area contributed by atoms with Crippen LogP contribution in [0.1, 0.15) is 134 Å². The number of allylic oxidation sites excluding steroid dienone is 3. The maximum Gasteiger partial charge on any atom is 0.326 e. The zero-order valence-electron chi connectivity index (χ0n) is 30.2. The summed E-state index contributed by atoms with van der Waals surface area (Å²) in [6.07, 6.45) is 12.4. The third-order valence-corrected chi connectivity index (χ3v) is 6.69. The van der Waals surface area contributed by atoms with E-state index in [9.17, 15) is 19.2 Å². The first-order valence-electron chi connectivity index (χ1n) is 16.9. The van der Waals surface area contributed by atoms with Crippen molar-refractivity contribution in [3.63, 3.8) is 0 Å². The van der Waals surface area contributed by atoms with Crippen molar-refractivity contribution >= 4 is 46.1 Å². The summed E-state index contributed by atoms with van der Waals surface area (Å²) < 4.78 is 5.45. The number of carbonyl (C=O) groups is 4. The van der Waals surface area contributed by atoms with Gasteiger partial charge in [0, 0.05) is 17.9 Å². The van der Waals surface area contributed by atoms with Crippen LogP contribution in [0.25, 0.3) is 0 Å². The molecule has 0 saturated carbocycles. The minimum absolute atomic E-state index is 0.0688. The van der Waals surface area contributed by atoms with Gasteiger partial charge in [-0.25, -0.2) is 0 Å². The van der Waals surface area contributed by atoms with Crippen molar-refractivity contribution in [3.8, 4) is 0 Å². The molecule has 1 aliphatic rings. The predicted octanol–water partition coefficient (Wildman–Crippen LogP) is 7.78. The van der Waals surface area contributed by atoms with E-state index in [2.05, 4.69) is 41.4 Å². The van der Waals surface area contributed by atoms with Crippen LogP contribution in [-0.2, 0) is 23.9 Å². The number of nitrogens with one attached hydrogen (secondary N) is 2. The van der Waals surface area contributed by atoms with E-state index >= 15 is 0 Å². The highest BCUT2D eigenvalue weighted by Crippen LogP contribution is 2.13. The van der Waals surface area contributed by atoms with Crippen molar-refractivity contribution in [2.45, 2.75) is 146 Å². The van der Waals surface area contributed by atoms with Crippen molar-refractivity contribution in [3.05, 3.63) is 23.9 Å². The number of unbranched alkanes of at least 4 members (excludes halogenated alkanes) is 4. The van der Waals surface area contributed by atoms with Crippen molar-refractivity contribution < 1.29 is 23.9 Å². The topological polar surface area (TPSA) is 126 Å². The van der Waals surface area contributed by atoms with Gasteiger partial charge >= 0.3 is 5.97 Å². The Labute approximate surface area is 279 Å². The minimum Gasteiger partial charge on any atom is -0.456 e. The SMILES string of the molecule is C/C=C1\N=C(C)CNC(=O)C[C@@H](/C=C/CCSC(=O)CCCCCCC)OC(=O)CNC(=O)[C@@H](C)N=C1C.CC.CC.CCC. The van der Waals surface area contributed by atoms with E-state index in [1.165, 1.54) is 37.4 Å². The van der Waals surface area contributed by atoms with Gasteiger partial charge in [0.15, 0.2) is 5.12 Å². The number of hydrogen-bond donors (Lipinski definition) is 2. The summed E-state index contributed by atoms with van der Waals surface area (Å²) in [5.41, 5.74) is 1.85. The van der Waals surface area contributed by atoms with Gasteiger partial charge < -0.3 is 15.4 Å². The first kappa shape index (κ1) is 46.7. The molecule has 10 heteroatoms. The fourth-order valence-corrected chi connectivity index (χ4v) is 4.37. The lowest BCUT2D eigenvalue weighted by Crippen LogP contribution is -2.38. The molecule has 0 aromatic carbocycles. The van der Waals surface area contributed by atoms with Gasteiger partial charge in [-0.2, -0.15) is 0 Å². The Hall–Kier alpha value is -2.75. The van der Waals surface area contributed by atoms with Gasteiger partial charge in [0.05, 0.1) is 24.4 Å². The Morgan fingerprint density at radius 1 is 0.978 bits per heavy atom. The second-order valence-electron chi connectivity index (χ2n) is 9.95. The highest BCUT2D eigenvalue weighted by molar-refractivity contribution is 8.13. The van der Waals surface area contributed by atoms with E-state index < -0.39 is 24.0 Å². The van der Waals surface area contributed by atoms with E-state index in [0.717, 1.165) is 12.8 Å². The summed E-state index contributed by atoms with van der Waals surface area (Å²) in [7, 11) is 0. The lowest BCUT2D eigenvalue weighted by molar-refractivity contribution is -0.148. The zero-order chi connectivity index (χ0) is 35.0. The standard InChI is InChI=1S/C28H44N4O5S.C3H8.2C2H6/c1-6-8-9-10-11-15-27(35)38-16-13-12-14-23-17-25(33)29-18-20(3)31-24(7-2)21(4)32-22(5)28(36)30-19-26(34)37-23;1-3-2;2*1-2/h7,12,14,22-23H,6,8-11,13,15-19H2,1-5H3,(H,29,33)(H,30,36);3H2,1-2H3;2*1-2H3/b14-12+,24-7-,31-20?,32-21?;;;/t22-,23-;;;/m1.../s1. The number of cyclic esters (lactones) is 1. The average molecular weight is 653 g/mol. The Morgan fingerprint density at radius 2 is 1.60 bits per heavy atom. The summed E-state index contributed by atoms with van der Waals surface area (Å²) >= 11 is 1.30. The quantitative estimate of drug-likeness (QED) is 0.141. The van der Waals surface area contributed by atoms with Gasteiger partial charge in [-0.3, -0.25) is 29.2 Å². The van der Waals surface area contributed by atoms with Crippen LogP contribution in [0, 0.1) is 0 Å². The number of hydrogen-bond acceptors (Lipinski definition) is 8. The number of thioether (sulfide) groups is 1. The molecular weight excluding hydrogens is 588 g/mol. The summed E-state index contributed by atoms with van der Waals surface area (Å²) in [6.45, 7) is 21.3. The van der Waals surface area contributed by atoms with Crippen LogP contribution in [0.5, 0.6) is 0 Å². The number of rotatable bonds is 10. The second-order valence-corrected chi connectivity index (χ2v) is 11.1. The van der Waals surface area contributed by atoms with E-state index in [4.69, 9.17) is 4.74 Å². The molecule has 0 radical (unpaired) electrons. The zero-order valence-corrected chi connectivity index (χ0v) is 31.0. The van der Waals surface area contributed by atoms with Crippen LogP contribution in [0.2, 0.25) is 0 Å². The number of carbonyl (C=O) groups excluding carboxylic acids is 4. The Bertz CT molecular complexity index is 944. The fraction of sp³-hybridized carbons (Fsp3) is 0.714. The molecule has 0 aromatic heterocycles. The molecule has 0 unspecified atom stereocenters. The lowest BCUT2D eigenvalue weighted by atomic mass is 10.1. The average Bonchev–Trinajstić information content (AvgIpc) is 3.02. The smallest absolute Gasteiger partial charge is 0.326 e. The molecule has 1 aliphatic heterocycles. The second kappa shape index (κ2) is 32.6. The molecule has 0 fully saturated rings. The Kier molecular flexibility index (Phi) is 33.8. The van der Waals surface area contributed by atoms with Crippen LogP contribution >= 0.6 is 11.8 Å². The highest BCUT2D eigenvalue weighted by Gasteiger charge is 2.19. The first-order valence-corrected chi connectivity index (χ1v) is 17.9. The normalized spacial score (nSPS) is 18.8. The molecule has 0 spiro atoms. The Balaban J connectivity index is -0.00000232. The van der Waals surface area contributed by atoms with Crippen molar-refractivity contribution in [1.82, 2.24) is 10.6 Å². The molecule has 260 valence electrons. The van der Waals surface area contributed by atoms with Crippen molar-refractivity contribution in [2.24, 2.45) is 9.98 Å². The molecule has 0 saturated heterocycles. The van der Waals surface area contributed by atoms with Gasteiger partial charge in [0.1, 0.15) is 18.7 Å². The highest BCUT2D eigenvalue weighted by atomic mass is 32.2. The molecule has 0 bridgehead atoms. The van der Waals surface area contributed by atoms with Gasteiger partial charge in [0.2, 0.25) is 11.8 Å². The molecule has 9 nitrogen and oxygen atoms in total. The molecule has 1 rings (SSSR count). The van der Waals surface area contributed by atoms with E-state index in [0.29, 0.717) is 35.7 Å². The van der Waals surface area contributed by atoms with Crippen LogP contribution < -0.4 is 10.6 Å². The third kappa shape index (κ3) is 27.3. The number of amides is 2. The van der Waals surface area contributed by atoms with Gasteiger partial charge in [-0.15, -0.1) is 0 Å². The number of ether oxygens (including phenoxy) is 1. The van der Waals surface area contributed by atoms with Crippen LogP contribution in [0.3, 0.4) is 0 Å². The molecule has 2 amide bonds. The molecule has 2 atom stereocenters. The predicted molar refractivity (Wildman–Crippen MR) is 193 cm³/mol. The molecule has 0 aromatic rings. The fourth-order valence-electron chi connectivity index (χ4n) is 3.60. The molecule has 1 heterocycles. The van der Waals surface area contributed by atoms with E-state index in [1.54, 1.807) is 32.9 Å². The van der Waals surface area contributed by atoms with Crippen LogP contribution in [0.4, 0.5) is 0 Å². The maximum atomic E-state index is 12.5. The van der Waals surface area contributed by atoms with Crippen molar-refractivity contribution in [2.75, 3.05) is 18.8 Å². The monoisotopic (exact) mass is 652 g/mol. The van der Waals surface area contributed by atoms with E-state index in [1.807, 2.05) is 40.7 Å². The molecule has 2 N–H and O–H groups in total. The lowest BCUT2D eigenvalue weighted by Gasteiger charge is -2.16. The van der Waals surface area contributed by atoms with Gasteiger partial charge in [0.25, 0.3) is 0 Å². The number of esters is 1. The van der Waals surface area contributed by atoms with Crippen LogP contribution in [-0.4, -0.2) is 65.3 Å². The molecule has 45 heavy (non-hydrogen) atoms. The summed E-state index contributed by atoms with van der Waals surface area (Å²) in [5, 5.41) is 5.52. The maximum absolute atomic E-state index is 12.5. The first-order chi connectivity index (χ1) is 21.6. The number of aliphatic imine (C=N–C) groups is 2. The largest absolute Gasteiger partial charge is 0.456 e. The third-order valence-electron chi connectivity index (χ3n) is 5.72. The van der Waals surface area contributed by atoms with E-state index in [-0.39, 0.29) is 30.5 Å².